The van der Waals surface area contributed by atoms with Crippen LogP contribution in [0.15, 0.2) is 176 Å². The smallest absolute Gasteiger partial charge is 0.0554 e. The molecule has 1 atom stereocenters. The van der Waals surface area contributed by atoms with E-state index < -0.39 is 0 Å². The van der Waals surface area contributed by atoms with Crippen LogP contribution < -0.4 is 5.32 Å². The van der Waals surface area contributed by atoms with Crippen molar-refractivity contribution in [3.05, 3.63) is 187 Å². The quantitative estimate of drug-likeness (QED) is 0.186. The number of anilines is 1. The molecule has 0 amide bonds. The molecule has 0 aliphatic heterocycles. The van der Waals surface area contributed by atoms with Crippen molar-refractivity contribution in [1.29, 1.82) is 0 Å². The lowest BCUT2D eigenvalue weighted by atomic mass is 9.85. The van der Waals surface area contributed by atoms with E-state index in [2.05, 4.69) is 181 Å². The molecular formula is C44H33N. The molecule has 8 aromatic rings. The van der Waals surface area contributed by atoms with Gasteiger partial charge in [0.1, 0.15) is 0 Å². The first-order valence-corrected chi connectivity index (χ1v) is 15.7. The van der Waals surface area contributed by atoms with Crippen molar-refractivity contribution in [3.8, 4) is 22.3 Å². The SMILES string of the molecule is c1ccc(CC(Nc2ccccc2)c2ccc(-c3c4ccccc4c(-c4ccc5ccccc5c4)c4ccccc34)cc2)cc1. The van der Waals surface area contributed by atoms with Crippen LogP contribution in [-0.2, 0) is 6.42 Å². The molecule has 0 fully saturated rings. The van der Waals surface area contributed by atoms with Crippen molar-refractivity contribution in [3.63, 3.8) is 0 Å². The third-order valence-corrected chi connectivity index (χ3v) is 8.97. The van der Waals surface area contributed by atoms with Gasteiger partial charge in [0, 0.05) is 5.69 Å². The number of para-hydroxylation sites is 1. The Morgan fingerprint density at radius 2 is 0.889 bits per heavy atom. The number of hydrogen-bond donors (Lipinski definition) is 1. The summed E-state index contributed by atoms with van der Waals surface area (Å²) >= 11 is 0. The van der Waals surface area contributed by atoms with Gasteiger partial charge in [-0.05, 0) is 90.3 Å². The van der Waals surface area contributed by atoms with Gasteiger partial charge in [0.05, 0.1) is 6.04 Å². The van der Waals surface area contributed by atoms with Crippen molar-refractivity contribution >= 4 is 38.0 Å². The molecule has 8 rings (SSSR count). The van der Waals surface area contributed by atoms with Crippen LogP contribution in [0.2, 0.25) is 0 Å². The molecule has 1 N–H and O–H groups in total. The van der Waals surface area contributed by atoms with Crippen LogP contribution in [0.5, 0.6) is 0 Å². The first kappa shape index (κ1) is 26.9. The summed E-state index contributed by atoms with van der Waals surface area (Å²) in [5.41, 5.74) is 8.77. The van der Waals surface area contributed by atoms with Crippen molar-refractivity contribution in [1.82, 2.24) is 0 Å². The zero-order chi connectivity index (χ0) is 30.0. The van der Waals surface area contributed by atoms with Crippen molar-refractivity contribution < 1.29 is 0 Å². The van der Waals surface area contributed by atoms with E-state index in [-0.39, 0.29) is 6.04 Å². The molecule has 0 saturated carbocycles. The monoisotopic (exact) mass is 575 g/mol. The van der Waals surface area contributed by atoms with Gasteiger partial charge in [-0.3, -0.25) is 0 Å². The lowest BCUT2D eigenvalue weighted by Gasteiger charge is -2.22. The average molecular weight is 576 g/mol. The Balaban J connectivity index is 1.26. The third kappa shape index (κ3) is 5.24. The minimum Gasteiger partial charge on any atom is -0.378 e. The molecule has 45 heavy (non-hydrogen) atoms. The standard InChI is InChI=1S/C44H33N/c1-3-13-31(14-4-1)29-42(45-37-17-5-2-6-18-37)33-24-26-34(27-25-33)43-38-19-9-11-21-40(38)44(41-22-12-10-20-39(41)43)36-28-23-32-15-7-8-16-35(32)30-36/h1-28,30,42,45H,29H2. The van der Waals surface area contributed by atoms with Gasteiger partial charge in [-0.2, -0.15) is 0 Å². The molecule has 0 saturated heterocycles. The van der Waals surface area contributed by atoms with Gasteiger partial charge in [-0.15, -0.1) is 0 Å². The molecule has 0 radical (unpaired) electrons. The molecule has 0 heterocycles. The maximum absolute atomic E-state index is 3.80. The van der Waals surface area contributed by atoms with Crippen LogP contribution >= 0.6 is 0 Å². The number of nitrogens with one attached hydrogen (secondary N) is 1. The lowest BCUT2D eigenvalue weighted by Crippen LogP contribution is -2.13. The average Bonchev–Trinajstić information content (AvgIpc) is 3.11. The summed E-state index contributed by atoms with van der Waals surface area (Å²) in [6.45, 7) is 0. The minimum atomic E-state index is 0.146. The molecule has 0 spiro atoms. The maximum atomic E-state index is 3.80. The Morgan fingerprint density at radius 1 is 0.400 bits per heavy atom. The second-order valence-electron chi connectivity index (χ2n) is 11.8. The highest BCUT2D eigenvalue weighted by Crippen LogP contribution is 2.44. The Hall–Kier alpha value is -5.66. The molecule has 214 valence electrons. The Kier molecular flexibility index (Phi) is 7.05. The molecule has 0 bridgehead atoms. The van der Waals surface area contributed by atoms with E-state index in [0.29, 0.717) is 0 Å². The highest BCUT2D eigenvalue weighted by Gasteiger charge is 2.18. The third-order valence-electron chi connectivity index (χ3n) is 8.97. The molecule has 0 aliphatic rings. The summed E-state index contributed by atoms with van der Waals surface area (Å²) in [6, 6.07) is 63.9. The van der Waals surface area contributed by atoms with Crippen LogP contribution in [0.25, 0.3) is 54.6 Å². The summed E-state index contributed by atoms with van der Waals surface area (Å²) in [7, 11) is 0. The number of fused-ring (bicyclic) bond motifs is 3. The highest BCUT2D eigenvalue weighted by molar-refractivity contribution is 6.21. The van der Waals surface area contributed by atoms with Gasteiger partial charge >= 0.3 is 0 Å². The first-order chi connectivity index (χ1) is 22.3. The molecule has 0 aliphatic carbocycles. The molecule has 8 aromatic carbocycles. The Labute approximate surface area is 264 Å². The summed E-state index contributed by atoms with van der Waals surface area (Å²) in [5, 5.41) is 11.4. The largest absolute Gasteiger partial charge is 0.378 e. The van der Waals surface area contributed by atoms with Crippen LogP contribution in [0, 0.1) is 0 Å². The van der Waals surface area contributed by atoms with E-state index >= 15 is 0 Å². The summed E-state index contributed by atoms with van der Waals surface area (Å²) < 4.78 is 0. The molecule has 0 aromatic heterocycles. The lowest BCUT2D eigenvalue weighted by molar-refractivity contribution is 0.776. The number of rotatable bonds is 7. The first-order valence-electron chi connectivity index (χ1n) is 15.7. The Bertz CT molecular complexity index is 2150. The molecular weight excluding hydrogens is 542 g/mol. The van der Waals surface area contributed by atoms with Gasteiger partial charge < -0.3 is 5.32 Å². The zero-order valence-electron chi connectivity index (χ0n) is 25.0. The van der Waals surface area contributed by atoms with E-state index in [1.54, 1.807) is 0 Å². The van der Waals surface area contributed by atoms with Crippen molar-refractivity contribution in [2.24, 2.45) is 0 Å². The van der Waals surface area contributed by atoms with Gasteiger partial charge in [0.15, 0.2) is 0 Å². The zero-order valence-corrected chi connectivity index (χ0v) is 25.0. The summed E-state index contributed by atoms with van der Waals surface area (Å²) in [5.74, 6) is 0. The molecule has 1 nitrogen and oxygen atoms in total. The normalized spacial score (nSPS) is 12.0. The maximum Gasteiger partial charge on any atom is 0.0554 e. The predicted molar refractivity (Wildman–Crippen MR) is 193 cm³/mol. The highest BCUT2D eigenvalue weighted by atomic mass is 14.9. The number of benzene rings is 8. The second kappa shape index (κ2) is 11.8. The Morgan fingerprint density at radius 3 is 1.51 bits per heavy atom. The van der Waals surface area contributed by atoms with Gasteiger partial charge in [0.25, 0.3) is 0 Å². The van der Waals surface area contributed by atoms with Crippen LogP contribution in [-0.4, -0.2) is 0 Å². The van der Waals surface area contributed by atoms with Crippen molar-refractivity contribution in [2.75, 3.05) is 5.32 Å². The minimum absolute atomic E-state index is 0.146. The number of hydrogen-bond acceptors (Lipinski definition) is 1. The van der Waals surface area contributed by atoms with Crippen LogP contribution in [0.1, 0.15) is 17.2 Å². The topological polar surface area (TPSA) is 12.0 Å². The van der Waals surface area contributed by atoms with Gasteiger partial charge in [-0.25, -0.2) is 0 Å². The molecule has 1 heteroatoms. The van der Waals surface area contributed by atoms with E-state index in [9.17, 15) is 0 Å². The van der Waals surface area contributed by atoms with Crippen LogP contribution in [0.4, 0.5) is 5.69 Å². The van der Waals surface area contributed by atoms with Gasteiger partial charge in [-0.1, -0.05) is 158 Å². The fourth-order valence-electron chi connectivity index (χ4n) is 6.81. The molecule has 1 unspecified atom stereocenters. The predicted octanol–water partition coefficient (Wildman–Crippen LogP) is 11.9. The fourth-order valence-corrected chi connectivity index (χ4v) is 6.81. The summed E-state index contributed by atoms with van der Waals surface area (Å²) in [6.07, 6.45) is 0.904. The van der Waals surface area contributed by atoms with E-state index in [0.717, 1.165) is 12.1 Å². The van der Waals surface area contributed by atoms with Crippen molar-refractivity contribution in [2.45, 2.75) is 12.5 Å². The van der Waals surface area contributed by atoms with E-state index in [1.807, 2.05) is 0 Å². The fraction of sp³-hybridized carbons (Fsp3) is 0.0455. The van der Waals surface area contributed by atoms with Crippen LogP contribution in [0.3, 0.4) is 0 Å². The summed E-state index contributed by atoms with van der Waals surface area (Å²) in [4.78, 5) is 0. The van der Waals surface area contributed by atoms with Gasteiger partial charge in [0.2, 0.25) is 0 Å². The van der Waals surface area contributed by atoms with E-state index in [4.69, 9.17) is 0 Å². The van der Waals surface area contributed by atoms with E-state index in [1.165, 1.54) is 65.7 Å². The second-order valence-corrected chi connectivity index (χ2v) is 11.8.